The highest BCUT2D eigenvalue weighted by Gasteiger charge is 2.33. The molecule has 1 unspecified atom stereocenters. The van der Waals surface area contributed by atoms with Gasteiger partial charge in [0.2, 0.25) is 0 Å². The molecule has 1 atom stereocenters. The van der Waals surface area contributed by atoms with E-state index in [1.54, 1.807) is 0 Å². The molecule has 0 aliphatic heterocycles. The number of nitrogens with one attached hydrogen (secondary N) is 1. The van der Waals surface area contributed by atoms with Gasteiger partial charge in [-0.25, -0.2) is 4.68 Å². The van der Waals surface area contributed by atoms with Gasteiger partial charge in [0.15, 0.2) is 5.82 Å². The van der Waals surface area contributed by atoms with E-state index in [9.17, 15) is 4.79 Å². The third-order valence-electron chi connectivity index (χ3n) is 8.21. The van der Waals surface area contributed by atoms with E-state index in [4.69, 9.17) is 0 Å². The number of H-pyrrole nitrogens is 1. The average molecular weight is 463 g/mol. The lowest BCUT2D eigenvalue weighted by Crippen LogP contribution is -2.41. The van der Waals surface area contributed by atoms with Gasteiger partial charge in [-0.3, -0.25) is 9.69 Å². The van der Waals surface area contributed by atoms with Crippen molar-refractivity contribution in [2.45, 2.75) is 110 Å². The first kappa shape index (κ1) is 23.2. The molecule has 2 heterocycles. The monoisotopic (exact) mass is 462 g/mol. The summed E-state index contributed by atoms with van der Waals surface area (Å²) in [4.78, 5) is 18.9. The van der Waals surface area contributed by atoms with Crippen molar-refractivity contribution in [3.8, 4) is 0 Å². The summed E-state index contributed by atoms with van der Waals surface area (Å²) >= 11 is 0. The number of hydrogen-bond acceptors (Lipinski definition) is 5. The highest BCUT2D eigenvalue weighted by Crippen LogP contribution is 2.36. The topological polar surface area (TPSA) is 79.7 Å². The number of nitrogens with zero attached hydrogens (tertiary/aromatic N) is 5. The minimum absolute atomic E-state index is 0.0156. The van der Waals surface area contributed by atoms with Gasteiger partial charge in [-0.2, -0.15) is 0 Å². The predicted molar refractivity (Wildman–Crippen MR) is 135 cm³/mol. The molecular weight excluding hydrogens is 424 g/mol. The number of pyridine rings is 1. The lowest BCUT2D eigenvalue weighted by atomic mass is 9.92. The summed E-state index contributed by atoms with van der Waals surface area (Å²) in [7, 11) is 0. The summed E-state index contributed by atoms with van der Waals surface area (Å²) in [6.07, 6.45) is 11.9. The van der Waals surface area contributed by atoms with E-state index in [0.29, 0.717) is 18.6 Å². The van der Waals surface area contributed by atoms with Crippen LogP contribution in [0.2, 0.25) is 0 Å². The fourth-order valence-corrected chi connectivity index (χ4v) is 6.14. The van der Waals surface area contributed by atoms with Crippen LogP contribution in [0.15, 0.2) is 23.0 Å². The first-order valence-electron chi connectivity index (χ1n) is 13.2. The average Bonchev–Trinajstić information content (AvgIpc) is 3.53. The number of tetrazole rings is 1. The molecular formula is C27H38N6O. The van der Waals surface area contributed by atoms with Gasteiger partial charge in [-0.05, 0) is 91.1 Å². The lowest BCUT2D eigenvalue weighted by Gasteiger charge is -2.39. The Kier molecular flexibility index (Phi) is 6.82. The van der Waals surface area contributed by atoms with Gasteiger partial charge in [0.05, 0.1) is 12.1 Å². The Hall–Kier alpha value is -2.54. The molecule has 2 fully saturated rings. The van der Waals surface area contributed by atoms with Crippen LogP contribution in [0.25, 0.3) is 10.9 Å². The molecule has 2 aliphatic carbocycles. The third-order valence-corrected chi connectivity index (χ3v) is 8.21. The molecule has 0 radical (unpaired) electrons. The lowest BCUT2D eigenvalue weighted by molar-refractivity contribution is 0.0830. The normalized spacial score (nSPS) is 18.8. The number of rotatable bonds is 7. The number of benzene rings is 1. The van der Waals surface area contributed by atoms with Crippen molar-refractivity contribution in [3.63, 3.8) is 0 Å². The van der Waals surface area contributed by atoms with Crippen LogP contribution in [-0.4, -0.2) is 36.1 Å². The van der Waals surface area contributed by atoms with E-state index in [2.05, 4.69) is 69.1 Å². The molecule has 5 rings (SSSR count). The summed E-state index contributed by atoms with van der Waals surface area (Å²) in [6.45, 7) is 7.07. The second-order valence-electron chi connectivity index (χ2n) is 10.5. The summed E-state index contributed by atoms with van der Waals surface area (Å²) in [5.74, 6) is 0.976. The molecule has 0 amide bonds. The first-order chi connectivity index (χ1) is 16.5. The number of aromatic nitrogens is 5. The second-order valence-corrected chi connectivity index (χ2v) is 10.5. The zero-order valence-electron chi connectivity index (χ0n) is 20.9. The number of aryl methyl sites for hydroxylation is 2. The fourth-order valence-electron chi connectivity index (χ4n) is 6.14. The van der Waals surface area contributed by atoms with Crippen molar-refractivity contribution in [1.82, 2.24) is 30.1 Å². The van der Waals surface area contributed by atoms with Gasteiger partial charge in [-0.1, -0.05) is 39.0 Å². The summed E-state index contributed by atoms with van der Waals surface area (Å²) in [5, 5.41) is 14.2. The van der Waals surface area contributed by atoms with E-state index >= 15 is 0 Å². The number of hydrogen-bond donors (Lipinski definition) is 1. The van der Waals surface area contributed by atoms with Gasteiger partial charge in [0.25, 0.3) is 5.56 Å². The Morgan fingerprint density at radius 2 is 1.74 bits per heavy atom. The molecule has 182 valence electrons. The highest BCUT2D eigenvalue weighted by atomic mass is 16.1. The van der Waals surface area contributed by atoms with Crippen molar-refractivity contribution in [2.24, 2.45) is 0 Å². The van der Waals surface area contributed by atoms with E-state index in [1.807, 2.05) is 0 Å². The Labute approximate surface area is 201 Å². The minimum atomic E-state index is 0.0156. The molecule has 2 aliphatic rings. The Morgan fingerprint density at radius 3 is 2.47 bits per heavy atom. The molecule has 0 saturated heterocycles. The number of fused-ring (bicyclic) bond motifs is 1. The minimum Gasteiger partial charge on any atom is -0.322 e. The third kappa shape index (κ3) is 4.54. The van der Waals surface area contributed by atoms with Crippen LogP contribution < -0.4 is 5.56 Å². The Morgan fingerprint density at radius 1 is 1.03 bits per heavy atom. The van der Waals surface area contributed by atoms with Crippen LogP contribution in [0.3, 0.4) is 0 Å². The van der Waals surface area contributed by atoms with Crippen molar-refractivity contribution >= 4 is 10.9 Å². The highest BCUT2D eigenvalue weighted by molar-refractivity contribution is 5.80. The molecule has 0 spiro atoms. The van der Waals surface area contributed by atoms with Gasteiger partial charge >= 0.3 is 0 Å². The molecule has 1 aromatic carbocycles. The number of aromatic amines is 1. The summed E-state index contributed by atoms with van der Waals surface area (Å²) in [5.41, 5.74) is 4.21. The van der Waals surface area contributed by atoms with Gasteiger partial charge in [-0.15, -0.1) is 5.10 Å². The Balaban J connectivity index is 1.53. The first-order valence-corrected chi connectivity index (χ1v) is 13.2. The van der Waals surface area contributed by atoms with Crippen LogP contribution in [0.1, 0.15) is 106 Å². The van der Waals surface area contributed by atoms with Gasteiger partial charge < -0.3 is 4.98 Å². The molecule has 2 aromatic heterocycles. The fraction of sp³-hybridized carbons (Fsp3) is 0.630. The SMILES string of the molecule is CCC(c1nnnn1C1CCCC1)N(Cc1cc2cc(C)c(C)cc2[nH]c1=O)C1CCCCC1. The summed E-state index contributed by atoms with van der Waals surface area (Å²) < 4.78 is 2.10. The standard InChI is InChI=1S/C27H38N6O/c1-4-25(26-29-30-31-33(26)23-12-8-9-13-23)32(22-10-6-5-7-11-22)17-21-16-20-14-18(2)19(3)15-24(20)28-27(21)34/h14-16,22-23,25H,4-13,17H2,1-3H3,(H,28,34). The molecule has 1 N–H and O–H groups in total. The zero-order valence-corrected chi connectivity index (χ0v) is 20.9. The van der Waals surface area contributed by atoms with Crippen LogP contribution >= 0.6 is 0 Å². The quantitative estimate of drug-likeness (QED) is 0.499. The predicted octanol–water partition coefficient (Wildman–Crippen LogP) is 5.53. The molecule has 2 saturated carbocycles. The van der Waals surface area contributed by atoms with Gasteiger partial charge in [0.1, 0.15) is 0 Å². The van der Waals surface area contributed by atoms with Crippen molar-refractivity contribution < 1.29 is 0 Å². The largest absolute Gasteiger partial charge is 0.322 e. The smallest absolute Gasteiger partial charge is 0.252 e. The van der Waals surface area contributed by atoms with E-state index in [1.165, 1.54) is 56.1 Å². The van der Waals surface area contributed by atoms with E-state index in [0.717, 1.165) is 41.6 Å². The molecule has 0 bridgehead atoms. The molecule has 7 heteroatoms. The maximum atomic E-state index is 13.2. The molecule has 7 nitrogen and oxygen atoms in total. The summed E-state index contributed by atoms with van der Waals surface area (Å²) in [6, 6.07) is 7.33. The Bertz CT molecular complexity index is 1190. The van der Waals surface area contributed by atoms with Crippen LogP contribution in [0.5, 0.6) is 0 Å². The van der Waals surface area contributed by atoms with E-state index < -0.39 is 0 Å². The van der Waals surface area contributed by atoms with E-state index in [-0.39, 0.29) is 11.6 Å². The molecule has 34 heavy (non-hydrogen) atoms. The van der Waals surface area contributed by atoms with Crippen molar-refractivity contribution in [2.75, 3.05) is 0 Å². The zero-order chi connectivity index (χ0) is 23.7. The second kappa shape index (κ2) is 9.98. The van der Waals surface area contributed by atoms with Crippen molar-refractivity contribution in [1.29, 1.82) is 0 Å². The van der Waals surface area contributed by atoms with Crippen LogP contribution in [0.4, 0.5) is 0 Å². The maximum absolute atomic E-state index is 13.2. The van der Waals surface area contributed by atoms with Crippen LogP contribution in [0, 0.1) is 13.8 Å². The van der Waals surface area contributed by atoms with Gasteiger partial charge in [0, 0.05) is 23.7 Å². The maximum Gasteiger partial charge on any atom is 0.252 e. The van der Waals surface area contributed by atoms with Crippen molar-refractivity contribution in [3.05, 3.63) is 51.1 Å². The van der Waals surface area contributed by atoms with Crippen LogP contribution in [-0.2, 0) is 6.54 Å². The molecule has 3 aromatic rings.